The molecule has 35 heavy (non-hydrogen) atoms. The van der Waals surface area contributed by atoms with Gasteiger partial charge >= 0.3 is 6.18 Å². The summed E-state index contributed by atoms with van der Waals surface area (Å²) in [6.45, 7) is 1.63. The molecular formula is C25H21F3N4OS2. The Balaban J connectivity index is 1.63. The number of alkyl halides is 3. The third-order valence-electron chi connectivity index (χ3n) is 5.08. The fourth-order valence-electron chi connectivity index (χ4n) is 3.51. The van der Waals surface area contributed by atoms with Gasteiger partial charge in [-0.2, -0.15) is 18.3 Å². The van der Waals surface area contributed by atoms with Crippen LogP contribution in [-0.2, 0) is 23.3 Å². The summed E-state index contributed by atoms with van der Waals surface area (Å²) in [7, 11) is 0. The molecule has 0 saturated heterocycles. The first kappa shape index (κ1) is 24.7. The van der Waals surface area contributed by atoms with Gasteiger partial charge in [0.05, 0.1) is 17.0 Å². The second-order valence-corrected chi connectivity index (χ2v) is 9.14. The smallest absolute Gasteiger partial charge is 0.324 e. The predicted octanol–water partition coefficient (Wildman–Crippen LogP) is 6.66. The molecular weight excluding hydrogens is 493 g/mol. The summed E-state index contributed by atoms with van der Waals surface area (Å²) < 4.78 is 43.3. The Bertz CT molecular complexity index is 1400. The lowest BCUT2D eigenvalue weighted by Gasteiger charge is -2.13. The lowest BCUT2D eigenvalue weighted by atomic mass is 10.1. The largest absolute Gasteiger partial charge is 0.418 e. The van der Waals surface area contributed by atoms with E-state index in [9.17, 15) is 18.0 Å². The SMILES string of the molecule is Cc1cccc(-n2c(CSc3ccccc3)nn(CC(=O)Nc3ccccc3C(F)(F)F)c2=S)c1. The molecule has 0 aliphatic rings. The van der Waals surface area contributed by atoms with Gasteiger partial charge in [-0.3, -0.25) is 9.36 Å². The van der Waals surface area contributed by atoms with Crippen LogP contribution in [0.2, 0.25) is 0 Å². The Hall–Kier alpha value is -3.37. The van der Waals surface area contributed by atoms with Gasteiger partial charge in [-0.15, -0.1) is 11.8 Å². The summed E-state index contributed by atoms with van der Waals surface area (Å²) in [5.41, 5.74) is 0.602. The van der Waals surface area contributed by atoms with Crippen molar-refractivity contribution in [2.24, 2.45) is 0 Å². The van der Waals surface area contributed by atoms with E-state index >= 15 is 0 Å². The Morgan fingerprint density at radius 1 is 1.03 bits per heavy atom. The molecule has 1 heterocycles. The monoisotopic (exact) mass is 514 g/mol. The van der Waals surface area contributed by atoms with Gasteiger partial charge in [-0.1, -0.05) is 42.5 Å². The maximum Gasteiger partial charge on any atom is 0.418 e. The number of hydrogen-bond donors (Lipinski definition) is 1. The quantitative estimate of drug-likeness (QED) is 0.221. The van der Waals surface area contributed by atoms with Crippen LogP contribution in [0.25, 0.3) is 5.69 Å². The first-order valence-electron chi connectivity index (χ1n) is 10.6. The summed E-state index contributed by atoms with van der Waals surface area (Å²) in [5.74, 6) is 0.444. The Kier molecular flexibility index (Phi) is 7.42. The van der Waals surface area contributed by atoms with Crippen LogP contribution in [0, 0.1) is 11.7 Å². The van der Waals surface area contributed by atoms with Gasteiger partial charge in [-0.25, -0.2) is 4.68 Å². The van der Waals surface area contributed by atoms with E-state index in [0.29, 0.717) is 11.6 Å². The van der Waals surface area contributed by atoms with Crippen LogP contribution in [0.15, 0.2) is 83.8 Å². The highest BCUT2D eigenvalue weighted by Crippen LogP contribution is 2.34. The molecule has 180 valence electrons. The number of nitrogens with zero attached hydrogens (tertiary/aromatic N) is 3. The van der Waals surface area contributed by atoms with E-state index in [1.165, 1.54) is 22.9 Å². The maximum absolute atomic E-state index is 13.3. The second-order valence-electron chi connectivity index (χ2n) is 7.72. The van der Waals surface area contributed by atoms with Crippen molar-refractivity contribution in [1.29, 1.82) is 0 Å². The number of nitrogens with one attached hydrogen (secondary N) is 1. The highest BCUT2D eigenvalue weighted by molar-refractivity contribution is 7.98. The Morgan fingerprint density at radius 2 is 1.74 bits per heavy atom. The molecule has 0 aliphatic heterocycles. The highest BCUT2D eigenvalue weighted by Gasteiger charge is 2.33. The minimum absolute atomic E-state index is 0.276. The van der Waals surface area contributed by atoms with Crippen molar-refractivity contribution in [2.45, 2.75) is 30.3 Å². The summed E-state index contributed by atoms with van der Waals surface area (Å²) >= 11 is 7.20. The van der Waals surface area contributed by atoms with Gasteiger partial charge in [-0.05, 0) is 61.1 Å². The van der Waals surface area contributed by atoms with E-state index in [4.69, 9.17) is 12.2 Å². The first-order valence-corrected chi connectivity index (χ1v) is 12.0. The zero-order valence-electron chi connectivity index (χ0n) is 18.6. The highest BCUT2D eigenvalue weighted by atomic mass is 32.2. The molecule has 0 saturated carbocycles. The molecule has 5 nitrogen and oxygen atoms in total. The number of benzene rings is 3. The van der Waals surface area contributed by atoms with Crippen LogP contribution >= 0.6 is 24.0 Å². The van der Waals surface area contributed by atoms with Crippen LogP contribution in [0.3, 0.4) is 0 Å². The second kappa shape index (κ2) is 10.5. The number of hydrogen-bond acceptors (Lipinski definition) is 4. The predicted molar refractivity (Wildman–Crippen MR) is 133 cm³/mol. The zero-order chi connectivity index (χ0) is 25.0. The third-order valence-corrected chi connectivity index (χ3v) is 6.48. The molecule has 1 amide bonds. The van der Waals surface area contributed by atoms with E-state index in [0.717, 1.165) is 22.2 Å². The van der Waals surface area contributed by atoms with E-state index in [-0.39, 0.29) is 17.0 Å². The number of rotatable bonds is 7. The van der Waals surface area contributed by atoms with Crippen LogP contribution in [0.1, 0.15) is 17.0 Å². The number of para-hydroxylation sites is 1. The number of carbonyl (C=O) groups is 1. The first-order chi connectivity index (χ1) is 16.7. The van der Waals surface area contributed by atoms with Gasteiger partial charge in [0.1, 0.15) is 12.4 Å². The summed E-state index contributed by atoms with van der Waals surface area (Å²) in [6.07, 6.45) is -4.59. The summed E-state index contributed by atoms with van der Waals surface area (Å²) in [6, 6.07) is 22.3. The molecule has 0 unspecified atom stereocenters. The Morgan fingerprint density at radius 3 is 2.46 bits per heavy atom. The molecule has 0 bridgehead atoms. The van der Waals surface area contributed by atoms with E-state index in [2.05, 4.69) is 10.4 Å². The number of thioether (sulfide) groups is 1. The zero-order valence-corrected chi connectivity index (χ0v) is 20.3. The van der Waals surface area contributed by atoms with Crippen LogP contribution < -0.4 is 5.32 Å². The molecule has 1 N–H and O–H groups in total. The summed E-state index contributed by atoms with van der Waals surface area (Å²) in [5, 5.41) is 6.90. The van der Waals surface area contributed by atoms with Crippen LogP contribution in [-0.4, -0.2) is 20.3 Å². The normalized spacial score (nSPS) is 11.4. The summed E-state index contributed by atoms with van der Waals surface area (Å²) in [4.78, 5) is 13.8. The lowest BCUT2D eigenvalue weighted by molar-refractivity contribution is -0.137. The molecule has 0 spiro atoms. The molecule has 4 rings (SSSR count). The van der Waals surface area contributed by atoms with Crippen molar-refractivity contribution in [3.8, 4) is 5.69 Å². The number of amides is 1. The van der Waals surface area contributed by atoms with E-state index in [1.54, 1.807) is 16.3 Å². The van der Waals surface area contributed by atoms with E-state index in [1.807, 2.05) is 61.5 Å². The van der Waals surface area contributed by atoms with E-state index < -0.39 is 17.6 Å². The van der Waals surface area contributed by atoms with Gasteiger partial charge in [0.2, 0.25) is 10.7 Å². The number of halogens is 3. The minimum atomic E-state index is -4.59. The van der Waals surface area contributed by atoms with Crippen LogP contribution in [0.4, 0.5) is 18.9 Å². The number of aromatic nitrogens is 3. The number of aryl methyl sites for hydroxylation is 1. The van der Waals surface area contributed by atoms with Crippen molar-refractivity contribution < 1.29 is 18.0 Å². The molecule has 0 atom stereocenters. The average molecular weight is 515 g/mol. The van der Waals surface area contributed by atoms with Gasteiger partial charge < -0.3 is 5.32 Å². The van der Waals surface area contributed by atoms with Crippen LogP contribution in [0.5, 0.6) is 0 Å². The van der Waals surface area contributed by atoms with Gasteiger partial charge in [0.25, 0.3) is 0 Å². The number of carbonyl (C=O) groups excluding carboxylic acids is 1. The van der Waals surface area contributed by atoms with Crippen molar-refractivity contribution in [1.82, 2.24) is 14.3 Å². The lowest BCUT2D eigenvalue weighted by Crippen LogP contribution is -2.22. The minimum Gasteiger partial charge on any atom is -0.324 e. The molecule has 4 aromatic rings. The number of anilines is 1. The molecule has 0 fully saturated rings. The van der Waals surface area contributed by atoms with Crippen molar-refractivity contribution >= 4 is 35.6 Å². The average Bonchev–Trinajstić information content (AvgIpc) is 3.12. The molecule has 1 aromatic heterocycles. The van der Waals surface area contributed by atoms with Crippen molar-refractivity contribution in [2.75, 3.05) is 5.32 Å². The molecule has 10 heteroatoms. The fourth-order valence-corrected chi connectivity index (χ4v) is 4.65. The van der Waals surface area contributed by atoms with Gasteiger partial charge in [0, 0.05) is 10.6 Å². The topological polar surface area (TPSA) is 51.9 Å². The maximum atomic E-state index is 13.3. The molecule has 0 aliphatic carbocycles. The standard InChI is InChI=1S/C25H21F3N4OS2/c1-17-8-7-9-18(14-17)32-22(16-35-19-10-3-2-4-11-19)30-31(24(32)34)15-23(33)29-21-13-6-5-12-20(21)25(26,27)28/h2-14H,15-16H2,1H3,(H,29,33). The van der Waals surface area contributed by atoms with Gasteiger partial charge in [0.15, 0.2) is 0 Å². The van der Waals surface area contributed by atoms with Crippen molar-refractivity contribution in [3.05, 3.63) is 101 Å². The van der Waals surface area contributed by atoms with Crippen molar-refractivity contribution in [3.63, 3.8) is 0 Å². The fraction of sp³-hybridized carbons (Fsp3) is 0.160. The Labute approximate surface area is 209 Å². The third kappa shape index (κ3) is 6.01. The molecule has 0 radical (unpaired) electrons. The molecule has 3 aromatic carbocycles.